The number of nitrogens with two attached hydrogens (primary N) is 1. The Labute approximate surface area is 85.0 Å². The number of rotatable bonds is 4. The molecule has 0 bridgehead atoms. The average molecular weight is 191 g/mol. The predicted molar refractivity (Wildman–Crippen MR) is 60.0 cm³/mol. The van der Waals surface area contributed by atoms with Gasteiger partial charge in [-0.15, -0.1) is 6.58 Å². The van der Waals surface area contributed by atoms with Crippen molar-refractivity contribution in [3.63, 3.8) is 0 Å². The van der Waals surface area contributed by atoms with E-state index in [4.69, 9.17) is 5.73 Å². The van der Waals surface area contributed by atoms with Crippen molar-refractivity contribution in [2.24, 2.45) is 0 Å². The van der Waals surface area contributed by atoms with E-state index in [1.807, 2.05) is 26.1 Å². The maximum absolute atomic E-state index is 5.84. The highest BCUT2D eigenvalue weighted by atomic mass is 14.9. The van der Waals surface area contributed by atoms with E-state index >= 15 is 0 Å². The second-order valence-electron chi connectivity index (χ2n) is 3.29. The number of hydrogen-bond donors (Lipinski definition) is 2. The van der Waals surface area contributed by atoms with Crippen LogP contribution in [0.5, 0.6) is 0 Å². The third-order valence-electron chi connectivity index (χ3n) is 2.34. The van der Waals surface area contributed by atoms with E-state index in [1.165, 1.54) is 5.56 Å². The maximum Gasteiger partial charge on any atom is 0.128 e. The molecule has 0 aliphatic carbocycles. The molecule has 0 saturated carbocycles. The molecule has 1 aromatic heterocycles. The Morgan fingerprint density at radius 2 is 2.43 bits per heavy atom. The summed E-state index contributed by atoms with van der Waals surface area (Å²) in [4.78, 5) is 4.09. The Bertz CT molecular complexity index is 300. The van der Waals surface area contributed by atoms with Crippen LogP contribution < -0.4 is 11.1 Å². The van der Waals surface area contributed by atoms with E-state index in [-0.39, 0.29) is 6.04 Å². The van der Waals surface area contributed by atoms with Crippen molar-refractivity contribution in [2.75, 3.05) is 12.8 Å². The lowest BCUT2D eigenvalue weighted by Gasteiger charge is -2.18. The highest BCUT2D eigenvalue weighted by Crippen LogP contribution is 2.24. The average Bonchev–Trinajstić information content (AvgIpc) is 2.16. The molecular formula is C11H17N3. The van der Waals surface area contributed by atoms with Gasteiger partial charge in [0.25, 0.3) is 0 Å². The third kappa shape index (κ3) is 2.12. The quantitative estimate of drug-likeness (QED) is 0.714. The molecule has 0 spiro atoms. The van der Waals surface area contributed by atoms with E-state index in [0.717, 1.165) is 12.0 Å². The zero-order valence-electron chi connectivity index (χ0n) is 8.75. The monoisotopic (exact) mass is 191 g/mol. The number of anilines is 1. The molecule has 0 radical (unpaired) electrons. The number of nitrogen functional groups attached to an aromatic ring is 1. The highest BCUT2D eigenvalue weighted by Gasteiger charge is 2.13. The van der Waals surface area contributed by atoms with Gasteiger partial charge >= 0.3 is 0 Å². The summed E-state index contributed by atoms with van der Waals surface area (Å²) in [5.41, 5.74) is 8.09. The normalized spacial score (nSPS) is 12.4. The topological polar surface area (TPSA) is 50.9 Å². The van der Waals surface area contributed by atoms with E-state index in [0.29, 0.717) is 5.82 Å². The van der Waals surface area contributed by atoms with Crippen LogP contribution in [0.3, 0.4) is 0 Å². The van der Waals surface area contributed by atoms with Crippen LogP contribution in [0.1, 0.15) is 23.6 Å². The van der Waals surface area contributed by atoms with Crippen molar-refractivity contribution in [3.8, 4) is 0 Å². The van der Waals surface area contributed by atoms with Crippen molar-refractivity contribution in [3.05, 3.63) is 36.0 Å². The number of nitrogens with one attached hydrogen (secondary N) is 1. The first-order chi connectivity index (χ1) is 6.70. The first-order valence-electron chi connectivity index (χ1n) is 4.69. The fourth-order valence-electron chi connectivity index (χ4n) is 1.59. The van der Waals surface area contributed by atoms with Crippen molar-refractivity contribution >= 4 is 5.82 Å². The Morgan fingerprint density at radius 1 is 1.71 bits per heavy atom. The summed E-state index contributed by atoms with van der Waals surface area (Å²) >= 11 is 0. The molecule has 1 aromatic rings. The van der Waals surface area contributed by atoms with E-state index in [2.05, 4.69) is 16.9 Å². The van der Waals surface area contributed by atoms with Crippen molar-refractivity contribution < 1.29 is 0 Å². The fraction of sp³-hybridized carbons (Fsp3) is 0.364. The number of nitrogens with zero attached hydrogens (tertiary/aromatic N) is 1. The standard InChI is InChI=1S/C11H17N3/c1-4-5-9(13-3)10-8(2)6-7-14-11(10)12/h4,6-7,9,13H,1,5H2,2-3H3,(H2,12,14). The predicted octanol–water partition coefficient (Wildman–Crippen LogP) is 1.81. The van der Waals surface area contributed by atoms with Crippen LogP contribution in [0.4, 0.5) is 5.82 Å². The largest absolute Gasteiger partial charge is 0.383 e. The number of aryl methyl sites for hydroxylation is 1. The zero-order chi connectivity index (χ0) is 10.6. The van der Waals surface area contributed by atoms with Gasteiger partial charge < -0.3 is 11.1 Å². The van der Waals surface area contributed by atoms with Gasteiger partial charge in [-0.2, -0.15) is 0 Å². The van der Waals surface area contributed by atoms with Crippen molar-refractivity contribution in [2.45, 2.75) is 19.4 Å². The zero-order valence-corrected chi connectivity index (χ0v) is 8.75. The molecule has 0 amide bonds. The first-order valence-corrected chi connectivity index (χ1v) is 4.69. The van der Waals surface area contributed by atoms with E-state index < -0.39 is 0 Å². The minimum Gasteiger partial charge on any atom is -0.383 e. The molecule has 14 heavy (non-hydrogen) atoms. The Hall–Kier alpha value is -1.35. The maximum atomic E-state index is 5.84. The summed E-state index contributed by atoms with van der Waals surface area (Å²) < 4.78 is 0. The smallest absolute Gasteiger partial charge is 0.128 e. The van der Waals surface area contributed by atoms with Gasteiger partial charge in [-0.1, -0.05) is 6.08 Å². The molecular weight excluding hydrogens is 174 g/mol. The fourth-order valence-corrected chi connectivity index (χ4v) is 1.59. The molecule has 0 aliphatic rings. The van der Waals surface area contributed by atoms with E-state index in [1.54, 1.807) is 6.20 Å². The van der Waals surface area contributed by atoms with Gasteiger partial charge in [-0.25, -0.2) is 4.98 Å². The van der Waals surface area contributed by atoms with Gasteiger partial charge in [0.2, 0.25) is 0 Å². The van der Waals surface area contributed by atoms with E-state index in [9.17, 15) is 0 Å². The summed E-state index contributed by atoms with van der Waals surface area (Å²) in [7, 11) is 1.92. The molecule has 1 unspecified atom stereocenters. The van der Waals surface area contributed by atoms with Gasteiger partial charge in [-0.3, -0.25) is 0 Å². The summed E-state index contributed by atoms with van der Waals surface area (Å²) in [6.07, 6.45) is 4.47. The lowest BCUT2D eigenvalue weighted by atomic mass is 10.00. The number of hydrogen-bond acceptors (Lipinski definition) is 3. The van der Waals surface area contributed by atoms with Crippen LogP contribution in [0.25, 0.3) is 0 Å². The summed E-state index contributed by atoms with van der Waals surface area (Å²) in [6, 6.07) is 2.18. The van der Waals surface area contributed by atoms with Crippen LogP contribution in [-0.2, 0) is 0 Å². The molecule has 0 aliphatic heterocycles. The number of aromatic nitrogens is 1. The van der Waals surface area contributed by atoms with Crippen LogP contribution in [0.2, 0.25) is 0 Å². The number of pyridine rings is 1. The molecule has 3 N–H and O–H groups in total. The molecule has 1 heterocycles. The molecule has 76 valence electrons. The van der Waals surface area contributed by atoms with Crippen LogP contribution in [0.15, 0.2) is 24.9 Å². The summed E-state index contributed by atoms with van der Waals surface area (Å²) in [6.45, 7) is 5.77. The Morgan fingerprint density at radius 3 is 2.93 bits per heavy atom. The minimum atomic E-state index is 0.209. The van der Waals surface area contributed by atoms with Crippen LogP contribution in [0, 0.1) is 6.92 Å². The second kappa shape index (κ2) is 4.77. The van der Waals surface area contributed by atoms with Crippen LogP contribution in [-0.4, -0.2) is 12.0 Å². The molecule has 0 saturated heterocycles. The van der Waals surface area contributed by atoms with Crippen molar-refractivity contribution in [1.29, 1.82) is 0 Å². The molecule has 0 aromatic carbocycles. The SMILES string of the molecule is C=CCC(NC)c1c(C)ccnc1N. The molecule has 3 nitrogen and oxygen atoms in total. The Balaban J connectivity index is 3.07. The van der Waals surface area contributed by atoms with Crippen LogP contribution >= 0.6 is 0 Å². The van der Waals surface area contributed by atoms with Gasteiger partial charge in [0.15, 0.2) is 0 Å². The summed E-state index contributed by atoms with van der Waals surface area (Å²) in [5, 5.41) is 3.21. The Kier molecular flexibility index (Phi) is 3.65. The third-order valence-corrected chi connectivity index (χ3v) is 2.34. The second-order valence-corrected chi connectivity index (χ2v) is 3.29. The molecule has 0 fully saturated rings. The summed E-state index contributed by atoms with van der Waals surface area (Å²) in [5.74, 6) is 0.603. The lowest BCUT2D eigenvalue weighted by molar-refractivity contribution is 0.600. The van der Waals surface area contributed by atoms with Gasteiger partial charge in [0.1, 0.15) is 5.82 Å². The van der Waals surface area contributed by atoms with Gasteiger partial charge in [-0.05, 0) is 32.0 Å². The lowest BCUT2D eigenvalue weighted by Crippen LogP contribution is -2.18. The first kappa shape index (κ1) is 10.7. The van der Waals surface area contributed by atoms with Gasteiger partial charge in [0, 0.05) is 17.8 Å². The highest BCUT2D eigenvalue weighted by molar-refractivity contribution is 5.46. The minimum absolute atomic E-state index is 0.209. The molecule has 1 atom stereocenters. The molecule has 3 heteroatoms. The molecule has 1 rings (SSSR count). The van der Waals surface area contributed by atoms with Crippen molar-refractivity contribution in [1.82, 2.24) is 10.3 Å². The van der Waals surface area contributed by atoms with Gasteiger partial charge in [0.05, 0.1) is 0 Å².